The number of hydrazone groups is 1. The van der Waals surface area contributed by atoms with E-state index < -0.39 is 0 Å². The first-order valence-electron chi connectivity index (χ1n) is 7.55. The molecule has 2 rings (SSSR count). The number of halogens is 2. The Bertz CT molecular complexity index is 808. The second-order valence-corrected chi connectivity index (χ2v) is 5.93. The normalized spacial score (nSPS) is 10.7. The predicted octanol–water partition coefficient (Wildman–Crippen LogP) is 3.71. The van der Waals surface area contributed by atoms with E-state index >= 15 is 0 Å². The molecule has 0 fully saturated rings. The van der Waals surface area contributed by atoms with Crippen LogP contribution < -0.4 is 19.6 Å². The number of carbonyl (C=O) groups excluding carboxylic acids is 1. The highest BCUT2D eigenvalue weighted by Gasteiger charge is 2.16. The number of benzene rings is 2. The summed E-state index contributed by atoms with van der Waals surface area (Å²) in [5.74, 6) is 1.12. The van der Waals surface area contributed by atoms with E-state index in [4.69, 9.17) is 37.4 Å². The number of methoxy groups -OCH3 is 3. The first-order chi connectivity index (χ1) is 12.5. The maximum Gasteiger partial charge on any atom is 0.244 e. The number of rotatable bonds is 7. The van der Waals surface area contributed by atoms with Crippen molar-refractivity contribution in [2.24, 2.45) is 5.10 Å². The van der Waals surface area contributed by atoms with Crippen LogP contribution in [0, 0.1) is 0 Å². The van der Waals surface area contributed by atoms with Gasteiger partial charge in [0, 0.05) is 5.56 Å². The summed E-state index contributed by atoms with van der Waals surface area (Å²) in [6.07, 6.45) is 1.59. The average Bonchev–Trinajstić information content (AvgIpc) is 2.62. The lowest BCUT2D eigenvalue weighted by Gasteiger charge is -2.12. The fraction of sp³-hybridized carbons (Fsp3) is 0.222. The summed E-state index contributed by atoms with van der Waals surface area (Å²) < 4.78 is 15.5. The van der Waals surface area contributed by atoms with Gasteiger partial charge in [0.25, 0.3) is 0 Å². The zero-order valence-electron chi connectivity index (χ0n) is 14.5. The molecule has 26 heavy (non-hydrogen) atoms. The quantitative estimate of drug-likeness (QED) is 0.571. The van der Waals surface area contributed by atoms with E-state index in [1.165, 1.54) is 20.4 Å². The van der Waals surface area contributed by atoms with Gasteiger partial charge in [-0.15, -0.1) is 0 Å². The van der Waals surface area contributed by atoms with Crippen LogP contribution in [-0.2, 0) is 11.2 Å². The summed E-state index contributed by atoms with van der Waals surface area (Å²) in [4.78, 5) is 12.0. The molecule has 0 aliphatic heterocycles. The lowest BCUT2D eigenvalue weighted by Crippen LogP contribution is -2.19. The van der Waals surface area contributed by atoms with Crippen LogP contribution >= 0.6 is 23.2 Å². The zero-order valence-corrected chi connectivity index (χ0v) is 16.0. The molecule has 2 aromatic carbocycles. The monoisotopic (exact) mass is 396 g/mol. The Morgan fingerprint density at radius 2 is 1.73 bits per heavy atom. The van der Waals surface area contributed by atoms with Crippen molar-refractivity contribution in [2.75, 3.05) is 21.3 Å². The minimum Gasteiger partial charge on any atom is -0.497 e. The molecule has 0 aliphatic rings. The minimum absolute atomic E-state index is 0.183. The minimum atomic E-state index is -0.268. The van der Waals surface area contributed by atoms with Crippen LogP contribution in [0.3, 0.4) is 0 Å². The number of nitrogens with one attached hydrogen (secondary N) is 1. The summed E-state index contributed by atoms with van der Waals surface area (Å²) >= 11 is 12.3. The number of amides is 1. The molecule has 0 aliphatic carbocycles. The first kappa shape index (κ1) is 19.9. The largest absolute Gasteiger partial charge is 0.497 e. The van der Waals surface area contributed by atoms with Crippen LogP contribution in [0.15, 0.2) is 35.4 Å². The standard InChI is InChI=1S/C18H18Cl2N2O4/c1-24-13-6-4-11(5-7-13)8-15(23)22-21-10-12-9-14(19)18(26-3)16(20)17(12)25-2/h4-7,9-10H,8H2,1-3H3,(H,22,23)/b21-10-. The fourth-order valence-electron chi connectivity index (χ4n) is 2.23. The summed E-state index contributed by atoms with van der Waals surface area (Å²) in [6.45, 7) is 0. The summed E-state index contributed by atoms with van der Waals surface area (Å²) in [5, 5.41) is 4.47. The Labute approximate surface area is 161 Å². The zero-order chi connectivity index (χ0) is 19.1. The van der Waals surface area contributed by atoms with Crippen LogP contribution in [0.25, 0.3) is 0 Å². The summed E-state index contributed by atoms with van der Waals surface area (Å²) in [6, 6.07) is 8.79. The lowest BCUT2D eigenvalue weighted by molar-refractivity contribution is -0.120. The highest BCUT2D eigenvalue weighted by atomic mass is 35.5. The van der Waals surface area contributed by atoms with Crippen molar-refractivity contribution in [3.05, 3.63) is 51.5 Å². The Balaban J connectivity index is 2.06. The number of carbonyl (C=O) groups is 1. The van der Waals surface area contributed by atoms with Crippen LogP contribution in [-0.4, -0.2) is 33.5 Å². The van der Waals surface area contributed by atoms with Crippen molar-refractivity contribution in [3.63, 3.8) is 0 Å². The van der Waals surface area contributed by atoms with Gasteiger partial charge in [0.05, 0.1) is 39.0 Å². The van der Waals surface area contributed by atoms with E-state index in [1.807, 2.05) is 12.1 Å². The predicted molar refractivity (Wildman–Crippen MR) is 102 cm³/mol. The molecule has 2 aromatic rings. The Hall–Kier alpha value is -2.44. The SMILES string of the molecule is COc1ccc(CC(=O)N/N=C\c2cc(Cl)c(OC)c(Cl)c2OC)cc1. The Kier molecular flexibility index (Phi) is 7.12. The van der Waals surface area contributed by atoms with Gasteiger partial charge in [-0.25, -0.2) is 5.43 Å². The van der Waals surface area contributed by atoms with Crippen LogP contribution in [0.2, 0.25) is 10.0 Å². The van der Waals surface area contributed by atoms with E-state index in [9.17, 15) is 4.79 Å². The van der Waals surface area contributed by atoms with Gasteiger partial charge >= 0.3 is 0 Å². The molecule has 0 spiro atoms. The fourth-order valence-corrected chi connectivity index (χ4v) is 2.94. The van der Waals surface area contributed by atoms with E-state index in [1.54, 1.807) is 25.3 Å². The van der Waals surface area contributed by atoms with Crippen molar-refractivity contribution >= 4 is 35.3 Å². The van der Waals surface area contributed by atoms with E-state index in [-0.39, 0.29) is 17.4 Å². The van der Waals surface area contributed by atoms with Crippen molar-refractivity contribution < 1.29 is 19.0 Å². The molecular weight excluding hydrogens is 379 g/mol. The molecule has 0 unspecified atom stereocenters. The van der Waals surface area contributed by atoms with Crippen molar-refractivity contribution in [2.45, 2.75) is 6.42 Å². The highest BCUT2D eigenvalue weighted by Crippen LogP contribution is 2.41. The van der Waals surface area contributed by atoms with Crippen molar-refractivity contribution in [3.8, 4) is 17.2 Å². The van der Waals surface area contributed by atoms with Crippen molar-refractivity contribution in [1.82, 2.24) is 5.43 Å². The molecule has 0 saturated heterocycles. The topological polar surface area (TPSA) is 69.2 Å². The average molecular weight is 397 g/mol. The molecule has 0 bridgehead atoms. The third kappa shape index (κ3) is 4.80. The van der Waals surface area contributed by atoms with Gasteiger partial charge < -0.3 is 14.2 Å². The first-order valence-corrected chi connectivity index (χ1v) is 8.30. The van der Waals surface area contributed by atoms with Gasteiger partial charge in [-0.3, -0.25) is 4.79 Å². The molecule has 6 nitrogen and oxygen atoms in total. The smallest absolute Gasteiger partial charge is 0.244 e. The van der Waals surface area contributed by atoms with E-state index in [0.717, 1.165) is 11.3 Å². The van der Waals surface area contributed by atoms with Crippen LogP contribution in [0.5, 0.6) is 17.2 Å². The van der Waals surface area contributed by atoms with Crippen molar-refractivity contribution in [1.29, 1.82) is 0 Å². The van der Waals surface area contributed by atoms with Gasteiger partial charge in [0.2, 0.25) is 5.91 Å². The molecule has 138 valence electrons. The molecule has 0 saturated carbocycles. The van der Waals surface area contributed by atoms with Crippen LogP contribution in [0.4, 0.5) is 0 Å². The summed E-state index contributed by atoms with van der Waals surface area (Å²) in [5.41, 5.74) is 3.80. The van der Waals surface area contributed by atoms with Gasteiger partial charge in [0.1, 0.15) is 16.5 Å². The second kappa shape index (κ2) is 9.31. The van der Waals surface area contributed by atoms with E-state index in [0.29, 0.717) is 22.1 Å². The molecule has 1 amide bonds. The molecule has 8 heteroatoms. The van der Waals surface area contributed by atoms with E-state index in [2.05, 4.69) is 10.5 Å². The maximum absolute atomic E-state index is 12.0. The Morgan fingerprint density at radius 3 is 2.31 bits per heavy atom. The number of nitrogens with zero attached hydrogens (tertiary/aromatic N) is 1. The molecule has 0 heterocycles. The number of hydrogen-bond acceptors (Lipinski definition) is 5. The van der Waals surface area contributed by atoms with Gasteiger partial charge in [-0.2, -0.15) is 5.10 Å². The molecule has 1 N–H and O–H groups in total. The third-order valence-corrected chi connectivity index (χ3v) is 4.11. The number of hydrogen-bond donors (Lipinski definition) is 1. The van der Waals surface area contributed by atoms with Crippen LogP contribution in [0.1, 0.15) is 11.1 Å². The van der Waals surface area contributed by atoms with Gasteiger partial charge in [0.15, 0.2) is 5.75 Å². The molecule has 0 aromatic heterocycles. The maximum atomic E-state index is 12.0. The number of ether oxygens (including phenoxy) is 3. The molecule has 0 atom stereocenters. The highest BCUT2D eigenvalue weighted by molar-refractivity contribution is 6.38. The molecular formula is C18H18Cl2N2O4. The molecule has 0 radical (unpaired) electrons. The van der Waals surface area contributed by atoms with Gasteiger partial charge in [-0.05, 0) is 23.8 Å². The van der Waals surface area contributed by atoms with Gasteiger partial charge in [-0.1, -0.05) is 35.3 Å². The summed E-state index contributed by atoms with van der Waals surface area (Å²) in [7, 11) is 4.51. The Morgan fingerprint density at radius 1 is 1.08 bits per heavy atom. The lowest BCUT2D eigenvalue weighted by atomic mass is 10.1. The second-order valence-electron chi connectivity index (χ2n) is 5.15. The third-order valence-electron chi connectivity index (χ3n) is 3.48.